The average molecular weight is 295 g/mol. The third kappa shape index (κ3) is 6.43. The van der Waals surface area contributed by atoms with Crippen molar-refractivity contribution in [2.45, 2.75) is 25.7 Å². The van der Waals surface area contributed by atoms with E-state index in [1.165, 1.54) is 6.08 Å². The number of allylic oxidation sites excluding steroid dienone is 1. The van der Waals surface area contributed by atoms with E-state index in [1.807, 2.05) is 6.08 Å². The van der Waals surface area contributed by atoms with Gasteiger partial charge in [0.2, 0.25) is 0 Å². The minimum absolute atomic E-state index is 0.489. The van der Waals surface area contributed by atoms with Gasteiger partial charge in [0, 0.05) is 6.08 Å². The highest BCUT2D eigenvalue weighted by atomic mass is 35.5. The van der Waals surface area contributed by atoms with Crippen molar-refractivity contribution in [3.05, 3.63) is 47.5 Å². The summed E-state index contributed by atoms with van der Waals surface area (Å²) in [5.41, 5.74) is 0.732. The Morgan fingerprint density at radius 2 is 2.15 bits per heavy atom. The molecule has 0 amide bonds. The highest BCUT2D eigenvalue weighted by molar-refractivity contribution is 6.32. The monoisotopic (exact) mass is 294 g/mol. The first kappa shape index (κ1) is 16.3. The van der Waals surface area contributed by atoms with Crippen LogP contribution in [-0.2, 0) is 4.79 Å². The molecule has 0 atom stereocenters. The van der Waals surface area contributed by atoms with Crippen LogP contribution >= 0.6 is 11.6 Å². The lowest BCUT2D eigenvalue weighted by molar-refractivity contribution is -0.131. The first-order valence-corrected chi connectivity index (χ1v) is 6.95. The van der Waals surface area contributed by atoms with Crippen molar-refractivity contribution < 1.29 is 14.6 Å². The molecule has 0 saturated carbocycles. The minimum Gasteiger partial charge on any atom is -0.492 e. The van der Waals surface area contributed by atoms with Crippen LogP contribution < -0.4 is 4.74 Å². The fraction of sp³-hybridized carbons (Fsp3) is 0.312. The summed E-state index contributed by atoms with van der Waals surface area (Å²) in [6.07, 6.45) is 8.72. The van der Waals surface area contributed by atoms with Gasteiger partial charge < -0.3 is 9.84 Å². The minimum atomic E-state index is -0.985. The van der Waals surface area contributed by atoms with Gasteiger partial charge in [0.1, 0.15) is 5.75 Å². The standard InChI is InChI=1S/C16H19ClO3/c1-2-3-4-5-6-11-20-15-9-7-13(12-14(15)17)8-10-16(18)19/h2,7-10,12H,1,3-6,11H2,(H,18,19)/b10-8+. The molecule has 1 aromatic carbocycles. The van der Waals surface area contributed by atoms with E-state index in [9.17, 15) is 4.79 Å². The molecule has 1 aromatic rings. The largest absolute Gasteiger partial charge is 0.492 e. The molecular formula is C16H19ClO3. The molecule has 0 unspecified atom stereocenters. The van der Waals surface area contributed by atoms with E-state index in [1.54, 1.807) is 18.2 Å². The Morgan fingerprint density at radius 1 is 1.35 bits per heavy atom. The summed E-state index contributed by atoms with van der Waals surface area (Å²) < 4.78 is 5.60. The van der Waals surface area contributed by atoms with Crippen LogP contribution in [0.15, 0.2) is 36.9 Å². The topological polar surface area (TPSA) is 46.5 Å². The van der Waals surface area contributed by atoms with Crippen molar-refractivity contribution in [3.63, 3.8) is 0 Å². The van der Waals surface area contributed by atoms with E-state index in [0.717, 1.165) is 37.3 Å². The lowest BCUT2D eigenvalue weighted by atomic mass is 10.2. The molecule has 108 valence electrons. The lowest BCUT2D eigenvalue weighted by Gasteiger charge is -2.08. The van der Waals surface area contributed by atoms with Crippen LogP contribution in [0, 0.1) is 0 Å². The van der Waals surface area contributed by atoms with Gasteiger partial charge in [0.05, 0.1) is 11.6 Å². The van der Waals surface area contributed by atoms with Crippen LogP contribution in [0.3, 0.4) is 0 Å². The second kappa shape index (κ2) is 9.21. The Morgan fingerprint density at radius 3 is 2.80 bits per heavy atom. The normalized spacial score (nSPS) is 10.7. The number of aliphatic carboxylic acids is 1. The summed E-state index contributed by atoms with van der Waals surface area (Å²) >= 11 is 6.09. The Labute approximate surface area is 124 Å². The fourth-order valence-electron chi connectivity index (χ4n) is 1.65. The van der Waals surface area contributed by atoms with Crippen molar-refractivity contribution in [2.24, 2.45) is 0 Å². The summed E-state index contributed by atoms with van der Waals surface area (Å²) in [5, 5.41) is 9.04. The van der Waals surface area contributed by atoms with Gasteiger partial charge in [-0.25, -0.2) is 4.79 Å². The molecule has 4 heteroatoms. The molecule has 0 aromatic heterocycles. The number of halogens is 1. The molecule has 1 rings (SSSR count). The van der Waals surface area contributed by atoms with Gasteiger partial charge in [0.25, 0.3) is 0 Å². The van der Waals surface area contributed by atoms with Crippen LogP contribution in [-0.4, -0.2) is 17.7 Å². The fourth-order valence-corrected chi connectivity index (χ4v) is 1.90. The van der Waals surface area contributed by atoms with Gasteiger partial charge in [0.15, 0.2) is 0 Å². The summed E-state index contributed by atoms with van der Waals surface area (Å²) in [6, 6.07) is 5.22. The van der Waals surface area contributed by atoms with Gasteiger partial charge in [-0.15, -0.1) is 6.58 Å². The first-order valence-electron chi connectivity index (χ1n) is 6.57. The predicted molar refractivity (Wildman–Crippen MR) is 82.3 cm³/mol. The predicted octanol–water partition coefficient (Wildman–Crippen LogP) is 4.56. The smallest absolute Gasteiger partial charge is 0.328 e. The van der Waals surface area contributed by atoms with E-state index in [4.69, 9.17) is 21.4 Å². The van der Waals surface area contributed by atoms with Gasteiger partial charge in [-0.1, -0.05) is 23.7 Å². The second-order valence-electron chi connectivity index (χ2n) is 4.35. The average Bonchev–Trinajstić information content (AvgIpc) is 2.42. The van der Waals surface area contributed by atoms with Crippen LogP contribution in [0.4, 0.5) is 0 Å². The van der Waals surface area contributed by atoms with Gasteiger partial charge >= 0.3 is 5.97 Å². The summed E-state index contributed by atoms with van der Waals surface area (Å²) in [5.74, 6) is -0.358. The maximum Gasteiger partial charge on any atom is 0.328 e. The molecule has 0 radical (unpaired) electrons. The number of ether oxygens (including phenoxy) is 1. The molecule has 0 bridgehead atoms. The van der Waals surface area contributed by atoms with Crippen molar-refractivity contribution in [1.82, 2.24) is 0 Å². The third-order valence-electron chi connectivity index (χ3n) is 2.68. The van der Waals surface area contributed by atoms with Crippen molar-refractivity contribution in [2.75, 3.05) is 6.61 Å². The molecule has 0 saturated heterocycles. The molecule has 0 aliphatic heterocycles. The highest BCUT2D eigenvalue weighted by Gasteiger charge is 2.02. The second-order valence-corrected chi connectivity index (χ2v) is 4.76. The molecule has 0 aliphatic rings. The third-order valence-corrected chi connectivity index (χ3v) is 2.98. The number of unbranched alkanes of at least 4 members (excludes halogenated alkanes) is 3. The SMILES string of the molecule is C=CCCCCCOc1ccc(/C=C/C(=O)O)cc1Cl. The lowest BCUT2D eigenvalue weighted by Crippen LogP contribution is -1.98. The maximum absolute atomic E-state index is 10.4. The summed E-state index contributed by atoms with van der Waals surface area (Å²) in [6.45, 7) is 4.31. The zero-order valence-electron chi connectivity index (χ0n) is 11.3. The van der Waals surface area contributed by atoms with Crippen molar-refractivity contribution in [1.29, 1.82) is 0 Å². The van der Waals surface area contributed by atoms with Crippen LogP contribution in [0.1, 0.15) is 31.2 Å². The molecule has 0 spiro atoms. The molecular weight excluding hydrogens is 276 g/mol. The number of hydrogen-bond acceptors (Lipinski definition) is 2. The van der Waals surface area contributed by atoms with E-state index in [-0.39, 0.29) is 0 Å². The number of carbonyl (C=O) groups is 1. The molecule has 0 fully saturated rings. The molecule has 3 nitrogen and oxygen atoms in total. The van der Waals surface area contributed by atoms with E-state index in [2.05, 4.69) is 6.58 Å². The summed E-state index contributed by atoms with van der Waals surface area (Å²) in [4.78, 5) is 10.4. The zero-order valence-corrected chi connectivity index (χ0v) is 12.1. The van der Waals surface area contributed by atoms with E-state index < -0.39 is 5.97 Å². The summed E-state index contributed by atoms with van der Waals surface area (Å²) in [7, 11) is 0. The van der Waals surface area contributed by atoms with Crippen molar-refractivity contribution >= 4 is 23.6 Å². The number of hydrogen-bond donors (Lipinski definition) is 1. The maximum atomic E-state index is 10.4. The van der Waals surface area contributed by atoms with Crippen LogP contribution in [0.25, 0.3) is 6.08 Å². The number of rotatable bonds is 9. The first-order chi connectivity index (χ1) is 9.63. The quantitative estimate of drug-likeness (QED) is 0.412. The highest BCUT2D eigenvalue weighted by Crippen LogP contribution is 2.26. The van der Waals surface area contributed by atoms with Crippen molar-refractivity contribution in [3.8, 4) is 5.75 Å². The molecule has 1 N–H and O–H groups in total. The van der Waals surface area contributed by atoms with Crippen LogP contribution in [0.5, 0.6) is 5.75 Å². The van der Waals surface area contributed by atoms with Gasteiger partial charge in [-0.2, -0.15) is 0 Å². The molecule has 20 heavy (non-hydrogen) atoms. The number of carboxylic acid groups (broad SMARTS) is 1. The van der Waals surface area contributed by atoms with Gasteiger partial charge in [-0.05, 0) is 49.5 Å². The number of carboxylic acids is 1. The Bertz CT molecular complexity index is 481. The zero-order chi connectivity index (χ0) is 14.8. The molecule has 0 aliphatic carbocycles. The van der Waals surface area contributed by atoms with Gasteiger partial charge in [-0.3, -0.25) is 0 Å². The Balaban J connectivity index is 2.43. The van der Waals surface area contributed by atoms with E-state index >= 15 is 0 Å². The van der Waals surface area contributed by atoms with Crippen LogP contribution in [0.2, 0.25) is 5.02 Å². The molecule has 0 heterocycles. The van der Waals surface area contributed by atoms with E-state index in [0.29, 0.717) is 17.4 Å². The number of benzene rings is 1. The Hall–Kier alpha value is -1.74. The Kier molecular flexibility index (Phi) is 7.51.